The van der Waals surface area contributed by atoms with E-state index >= 15 is 0 Å². The lowest BCUT2D eigenvalue weighted by molar-refractivity contribution is -0.152. The summed E-state index contributed by atoms with van der Waals surface area (Å²) in [5, 5.41) is 2.83. The molecule has 0 radical (unpaired) electrons. The van der Waals surface area contributed by atoms with Crippen molar-refractivity contribution in [3.8, 4) is 5.75 Å². The van der Waals surface area contributed by atoms with E-state index in [9.17, 15) is 14.4 Å². The lowest BCUT2D eigenvalue weighted by Crippen LogP contribution is -2.69. The van der Waals surface area contributed by atoms with Crippen LogP contribution in [0.2, 0.25) is 0 Å². The Morgan fingerprint density at radius 1 is 1.31 bits per heavy atom. The van der Waals surface area contributed by atoms with Gasteiger partial charge in [0.15, 0.2) is 0 Å². The maximum atomic E-state index is 12.8. The molecular formula is C19H25N3O4. The number of ether oxygens (including phenoxy) is 1. The fourth-order valence-electron chi connectivity index (χ4n) is 3.56. The van der Waals surface area contributed by atoms with Crippen molar-refractivity contribution < 1.29 is 19.1 Å². The molecule has 3 amide bonds. The summed E-state index contributed by atoms with van der Waals surface area (Å²) >= 11 is 0. The molecule has 7 heteroatoms. The molecule has 0 aliphatic carbocycles. The second-order valence-corrected chi connectivity index (χ2v) is 7.22. The number of rotatable bonds is 4. The highest BCUT2D eigenvalue weighted by atomic mass is 16.5. The van der Waals surface area contributed by atoms with E-state index in [0.29, 0.717) is 36.7 Å². The van der Waals surface area contributed by atoms with E-state index in [-0.39, 0.29) is 24.3 Å². The molecule has 1 aromatic rings. The Labute approximate surface area is 153 Å². The first-order chi connectivity index (χ1) is 12.4. The highest BCUT2D eigenvalue weighted by molar-refractivity contribution is 5.99. The first kappa shape index (κ1) is 18.2. The van der Waals surface area contributed by atoms with Gasteiger partial charge < -0.3 is 19.9 Å². The predicted octanol–water partition coefficient (Wildman–Crippen LogP) is 0.893. The number of hydrogen-bond acceptors (Lipinski definition) is 4. The highest BCUT2D eigenvalue weighted by Crippen LogP contribution is 2.21. The van der Waals surface area contributed by atoms with Crippen LogP contribution >= 0.6 is 0 Å². The lowest BCUT2D eigenvalue weighted by atomic mass is 9.97. The minimum atomic E-state index is -0.616. The van der Waals surface area contributed by atoms with Gasteiger partial charge in [0.1, 0.15) is 17.8 Å². The molecule has 7 nitrogen and oxygen atoms in total. The maximum absolute atomic E-state index is 12.8. The number of nitrogens with zero attached hydrogens (tertiary/aromatic N) is 2. The van der Waals surface area contributed by atoms with Crippen molar-refractivity contribution in [1.82, 2.24) is 15.1 Å². The molecular weight excluding hydrogens is 334 g/mol. The Kier molecular flexibility index (Phi) is 5.15. The smallest absolute Gasteiger partial charge is 0.254 e. The van der Waals surface area contributed by atoms with Gasteiger partial charge in [-0.2, -0.15) is 0 Å². The number of piperazine rings is 2. The minimum absolute atomic E-state index is 0.0446. The largest absolute Gasteiger partial charge is 0.497 e. The molecule has 3 rings (SSSR count). The van der Waals surface area contributed by atoms with Crippen molar-refractivity contribution in [3.05, 3.63) is 29.8 Å². The van der Waals surface area contributed by atoms with Crippen LogP contribution in [0.5, 0.6) is 5.75 Å². The SMILES string of the molecule is COc1cccc(C(=O)N2CCN3C(=O)[C@H](CC(C)C)NC(=O)[C@H]3C2)c1. The second kappa shape index (κ2) is 7.35. The van der Waals surface area contributed by atoms with Crippen molar-refractivity contribution >= 4 is 17.7 Å². The summed E-state index contributed by atoms with van der Waals surface area (Å²) in [6, 6.07) is 5.86. The van der Waals surface area contributed by atoms with Gasteiger partial charge in [0.2, 0.25) is 11.8 Å². The van der Waals surface area contributed by atoms with E-state index in [2.05, 4.69) is 5.32 Å². The van der Waals surface area contributed by atoms with Crippen LogP contribution in [0.15, 0.2) is 24.3 Å². The number of carbonyl (C=O) groups excluding carboxylic acids is 3. The van der Waals surface area contributed by atoms with Crippen molar-refractivity contribution in [1.29, 1.82) is 0 Å². The first-order valence-electron chi connectivity index (χ1n) is 8.95. The summed E-state index contributed by atoms with van der Waals surface area (Å²) in [5.74, 6) is 0.539. The molecule has 0 aromatic heterocycles. The Morgan fingerprint density at radius 2 is 2.08 bits per heavy atom. The third kappa shape index (κ3) is 3.52. The average Bonchev–Trinajstić information content (AvgIpc) is 2.64. The Balaban J connectivity index is 1.72. The summed E-state index contributed by atoms with van der Waals surface area (Å²) in [5.41, 5.74) is 0.512. The van der Waals surface area contributed by atoms with Crippen LogP contribution in [0, 0.1) is 5.92 Å². The molecule has 0 bridgehead atoms. The zero-order valence-corrected chi connectivity index (χ0v) is 15.4. The summed E-state index contributed by atoms with van der Waals surface area (Å²) in [6.45, 7) is 5.05. The molecule has 1 aromatic carbocycles. The average molecular weight is 359 g/mol. The Morgan fingerprint density at radius 3 is 2.77 bits per heavy atom. The molecule has 2 fully saturated rings. The van der Waals surface area contributed by atoms with Gasteiger partial charge >= 0.3 is 0 Å². The second-order valence-electron chi connectivity index (χ2n) is 7.22. The van der Waals surface area contributed by atoms with E-state index in [1.807, 2.05) is 13.8 Å². The predicted molar refractivity (Wildman–Crippen MR) is 95.8 cm³/mol. The van der Waals surface area contributed by atoms with Gasteiger partial charge in [-0.1, -0.05) is 19.9 Å². The number of carbonyl (C=O) groups is 3. The molecule has 0 unspecified atom stereocenters. The molecule has 2 aliphatic rings. The molecule has 1 N–H and O–H groups in total. The van der Waals surface area contributed by atoms with E-state index in [4.69, 9.17) is 4.74 Å². The minimum Gasteiger partial charge on any atom is -0.497 e. The number of nitrogens with one attached hydrogen (secondary N) is 1. The van der Waals surface area contributed by atoms with Gasteiger partial charge in [-0.25, -0.2) is 0 Å². The Bertz CT molecular complexity index is 718. The van der Waals surface area contributed by atoms with E-state index in [1.54, 1.807) is 41.2 Å². The number of methoxy groups -OCH3 is 1. The summed E-state index contributed by atoms with van der Waals surface area (Å²) < 4.78 is 5.16. The molecule has 2 heterocycles. The van der Waals surface area contributed by atoms with Crippen LogP contribution in [0.1, 0.15) is 30.6 Å². The zero-order chi connectivity index (χ0) is 18.8. The van der Waals surface area contributed by atoms with Crippen LogP contribution in [0.3, 0.4) is 0 Å². The summed E-state index contributed by atoms with van der Waals surface area (Å²) in [7, 11) is 1.55. The number of benzene rings is 1. The normalized spacial score (nSPS) is 22.9. The van der Waals surface area contributed by atoms with E-state index < -0.39 is 12.1 Å². The van der Waals surface area contributed by atoms with Gasteiger partial charge in [0.05, 0.1) is 13.7 Å². The van der Waals surface area contributed by atoms with Gasteiger partial charge in [0.25, 0.3) is 5.91 Å². The fourth-order valence-corrected chi connectivity index (χ4v) is 3.56. The molecule has 0 spiro atoms. The Hall–Kier alpha value is -2.57. The molecule has 2 aliphatic heterocycles. The van der Waals surface area contributed by atoms with E-state index in [0.717, 1.165) is 0 Å². The van der Waals surface area contributed by atoms with Gasteiger partial charge in [-0.05, 0) is 30.5 Å². The quantitative estimate of drug-likeness (QED) is 0.866. The van der Waals surface area contributed by atoms with Crippen LogP contribution < -0.4 is 10.1 Å². The summed E-state index contributed by atoms with van der Waals surface area (Å²) in [6.07, 6.45) is 0.625. The topological polar surface area (TPSA) is 79.0 Å². The first-order valence-corrected chi connectivity index (χ1v) is 8.95. The molecule has 26 heavy (non-hydrogen) atoms. The van der Waals surface area contributed by atoms with Crippen molar-refractivity contribution in [2.24, 2.45) is 5.92 Å². The van der Waals surface area contributed by atoms with Crippen molar-refractivity contribution in [2.45, 2.75) is 32.4 Å². The lowest BCUT2D eigenvalue weighted by Gasteiger charge is -2.45. The van der Waals surface area contributed by atoms with Gasteiger partial charge in [-0.15, -0.1) is 0 Å². The number of fused-ring (bicyclic) bond motifs is 1. The van der Waals surface area contributed by atoms with Crippen LogP contribution in [-0.4, -0.2) is 66.3 Å². The number of hydrogen-bond donors (Lipinski definition) is 1. The van der Waals surface area contributed by atoms with Crippen LogP contribution in [0.4, 0.5) is 0 Å². The third-order valence-corrected chi connectivity index (χ3v) is 4.89. The maximum Gasteiger partial charge on any atom is 0.254 e. The molecule has 2 saturated heterocycles. The molecule has 140 valence electrons. The molecule has 0 saturated carbocycles. The van der Waals surface area contributed by atoms with Gasteiger partial charge in [0, 0.05) is 18.7 Å². The highest BCUT2D eigenvalue weighted by Gasteiger charge is 2.44. The zero-order valence-electron chi connectivity index (χ0n) is 15.4. The van der Waals surface area contributed by atoms with Crippen molar-refractivity contribution in [3.63, 3.8) is 0 Å². The number of amides is 3. The fraction of sp³-hybridized carbons (Fsp3) is 0.526. The molecule has 2 atom stereocenters. The van der Waals surface area contributed by atoms with Crippen LogP contribution in [-0.2, 0) is 9.59 Å². The van der Waals surface area contributed by atoms with E-state index in [1.165, 1.54) is 0 Å². The van der Waals surface area contributed by atoms with Crippen LogP contribution in [0.25, 0.3) is 0 Å². The standard InChI is InChI=1S/C19H25N3O4/c1-12(2)9-15-19(25)22-8-7-21(11-16(22)17(23)20-15)18(24)13-5-4-6-14(10-13)26-3/h4-6,10,12,15-16H,7-9,11H2,1-3H3,(H,20,23)/t15-,16+/m0/s1. The van der Waals surface area contributed by atoms with Crippen molar-refractivity contribution in [2.75, 3.05) is 26.7 Å². The van der Waals surface area contributed by atoms with Gasteiger partial charge in [-0.3, -0.25) is 14.4 Å². The summed E-state index contributed by atoms with van der Waals surface area (Å²) in [4.78, 5) is 41.2. The third-order valence-electron chi connectivity index (χ3n) is 4.89. The monoisotopic (exact) mass is 359 g/mol.